The number of para-hydroxylation sites is 1. The highest BCUT2D eigenvalue weighted by atomic mass is 35.5. The summed E-state index contributed by atoms with van der Waals surface area (Å²) < 4.78 is 0. The molecule has 1 N–H and O–H groups in total. The molecule has 0 radical (unpaired) electrons. The fourth-order valence-corrected chi connectivity index (χ4v) is 5.08. The first kappa shape index (κ1) is 21.7. The smallest absolute Gasteiger partial charge is 0.336 e. The Labute approximate surface area is 202 Å². The number of halogens is 2. The van der Waals surface area contributed by atoms with Gasteiger partial charge in [0.15, 0.2) is 0 Å². The van der Waals surface area contributed by atoms with Gasteiger partial charge in [-0.3, -0.25) is 0 Å². The molecule has 1 aromatic heterocycles. The van der Waals surface area contributed by atoms with Crippen molar-refractivity contribution in [2.24, 2.45) is 5.92 Å². The monoisotopic (exact) mass is 473 g/mol. The van der Waals surface area contributed by atoms with Crippen molar-refractivity contribution in [1.29, 1.82) is 0 Å². The molecule has 4 aromatic rings. The van der Waals surface area contributed by atoms with Crippen molar-refractivity contribution in [2.45, 2.75) is 19.8 Å². The molecule has 164 valence electrons. The Hall–Kier alpha value is -3.14. The molecule has 1 aliphatic rings. The summed E-state index contributed by atoms with van der Waals surface area (Å²) in [7, 11) is 0. The number of hydrogen-bond donors (Lipinski definition) is 1. The molecule has 0 amide bonds. The van der Waals surface area contributed by atoms with Gasteiger partial charge in [-0.15, -0.1) is 0 Å². The van der Waals surface area contributed by atoms with Crippen molar-refractivity contribution < 1.29 is 9.90 Å². The summed E-state index contributed by atoms with van der Waals surface area (Å²) in [5.41, 5.74) is 6.67. The van der Waals surface area contributed by atoms with E-state index in [4.69, 9.17) is 28.2 Å². The number of hydrogen-bond acceptors (Lipinski definition) is 2. The number of rotatable bonds is 3. The first-order valence-electron chi connectivity index (χ1n) is 10.8. The van der Waals surface area contributed by atoms with E-state index in [9.17, 15) is 9.90 Å². The van der Waals surface area contributed by atoms with E-state index in [2.05, 4.69) is 13.0 Å². The van der Waals surface area contributed by atoms with E-state index in [0.29, 0.717) is 38.9 Å². The largest absolute Gasteiger partial charge is 0.478 e. The van der Waals surface area contributed by atoms with Gasteiger partial charge in [-0.05, 0) is 59.2 Å². The number of nitrogens with zero attached hydrogens (tertiary/aromatic N) is 1. The summed E-state index contributed by atoms with van der Waals surface area (Å²) >= 11 is 12.6. The van der Waals surface area contributed by atoms with Crippen LogP contribution in [0.4, 0.5) is 0 Å². The zero-order valence-corrected chi connectivity index (χ0v) is 19.5. The van der Waals surface area contributed by atoms with Crippen molar-refractivity contribution in [3.63, 3.8) is 0 Å². The second kappa shape index (κ2) is 8.66. The fraction of sp³-hybridized carbons (Fsp3) is 0.143. The standard InChI is InChI=1S/C28H21Cl2NO2/c1-16-13-19(15-17-9-11-18(12-10-17)20-6-4-7-23(29)26(20)30)27-22(14-16)25(28(32)33)21-5-2-3-8-24(21)31-27/h2-12,15-16H,13-14H2,1H3,(H,32,33)/b19-15+. The van der Waals surface area contributed by atoms with Gasteiger partial charge in [0, 0.05) is 10.9 Å². The quantitative estimate of drug-likeness (QED) is 0.327. The molecule has 1 aliphatic carbocycles. The lowest BCUT2D eigenvalue weighted by Crippen LogP contribution is -2.17. The van der Waals surface area contributed by atoms with Gasteiger partial charge in [0.25, 0.3) is 0 Å². The van der Waals surface area contributed by atoms with Gasteiger partial charge in [0.05, 0.1) is 26.8 Å². The average Bonchev–Trinajstić information content (AvgIpc) is 2.80. The summed E-state index contributed by atoms with van der Waals surface area (Å²) in [5.74, 6) is -0.574. The number of fused-ring (bicyclic) bond motifs is 2. The second-order valence-electron chi connectivity index (χ2n) is 8.54. The maximum atomic E-state index is 12.2. The van der Waals surface area contributed by atoms with Crippen molar-refractivity contribution in [3.05, 3.63) is 99.2 Å². The number of benzene rings is 3. The lowest BCUT2D eigenvalue weighted by Gasteiger charge is -2.26. The van der Waals surface area contributed by atoms with Crippen LogP contribution in [0.2, 0.25) is 10.0 Å². The maximum absolute atomic E-state index is 12.2. The second-order valence-corrected chi connectivity index (χ2v) is 9.33. The number of aromatic carboxylic acids is 1. The van der Waals surface area contributed by atoms with Crippen LogP contribution < -0.4 is 0 Å². The minimum absolute atomic E-state index is 0.328. The van der Waals surface area contributed by atoms with E-state index in [1.54, 1.807) is 6.07 Å². The Balaban J connectivity index is 1.61. The number of carboxylic acid groups (broad SMARTS) is 1. The molecule has 5 rings (SSSR count). The minimum atomic E-state index is -0.902. The van der Waals surface area contributed by atoms with E-state index in [0.717, 1.165) is 39.9 Å². The summed E-state index contributed by atoms with van der Waals surface area (Å²) in [4.78, 5) is 17.1. The van der Waals surface area contributed by atoms with Crippen LogP contribution in [0.1, 0.15) is 40.5 Å². The predicted molar refractivity (Wildman–Crippen MR) is 136 cm³/mol. The molecule has 0 bridgehead atoms. The molecule has 0 spiro atoms. The molecule has 3 aromatic carbocycles. The lowest BCUT2D eigenvalue weighted by atomic mass is 9.80. The van der Waals surface area contributed by atoms with Gasteiger partial charge in [-0.2, -0.15) is 0 Å². The topological polar surface area (TPSA) is 50.2 Å². The predicted octanol–water partition coefficient (Wildman–Crippen LogP) is 8.03. The minimum Gasteiger partial charge on any atom is -0.478 e. The Kier molecular flexibility index (Phi) is 5.69. The number of carbonyl (C=O) groups is 1. The lowest BCUT2D eigenvalue weighted by molar-refractivity contribution is 0.0697. The molecular formula is C28H21Cl2NO2. The summed E-state index contributed by atoms with van der Waals surface area (Å²) in [5, 5.41) is 11.8. The molecular weight excluding hydrogens is 453 g/mol. The van der Waals surface area contributed by atoms with E-state index in [-0.39, 0.29) is 0 Å². The maximum Gasteiger partial charge on any atom is 0.336 e. The van der Waals surface area contributed by atoms with Crippen LogP contribution >= 0.6 is 23.2 Å². The Morgan fingerprint density at radius 2 is 1.76 bits per heavy atom. The summed E-state index contributed by atoms with van der Waals surface area (Å²) in [6, 6.07) is 21.2. The van der Waals surface area contributed by atoms with Gasteiger partial charge in [0.1, 0.15) is 0 Å². The van der Waals surface area contributed by atoms with Crippen molar-refractivity contribution in [1.82, 2.24) is 4.98 Å². The van der Waals surface area contributed by atoms with E-state index >= 15 is 0 Å². The highest BCUT2D eigenvalue weighted by molar-refractivity contribution is 6.43. The SMILES string of the molecule is CC1C/C(=C\c2ccc(-c3cccc(Cl)c3Cl)cc2)c2nc3ccccc3c(C(=O)O)c2C1. The number of allylic oxidation sites excluding steroid dienone is 1. The average molecular weight is 474 g/mol. The van der Waals surface area contributed by atoms with Crippen molar-refractivity contribution in [3.8, 4) is 11.1 Å². The molecule has 0 aliphatic heterocycles. The van der Waals surface area contributed by atoms with Crippen LogP contribution in [0, 0.1) is 5.92 Å². The molecule has 33 heavy (non-hydrogen) atoms. The molecule has 1 unspecified atom stereocenters. The summed E-state index contributed by atoms with van der Waals surface area (Å²) in [6.45, 7) is 2.15. The zero-order chi connectivity index (χ0) is 23.1. The third-order valence-corrected chi connectivity index (χ3v) is 6.97. The third-order valence-electron chi connectivity index (χ3n) is 6.15. The molecule has 0 saturated carbocycles. The van der Waals surface area contributed by atoms with Gasteiger partial charge in [-0.1, -0.05) is 84.7 Å². The molecule has 5 heteroatoms. The van der Waals surface area contributed by atoms with Gasteiger partial charge in [-0.25, -0.2) is 9.78 Å². The zero-order valence-electron chi connectivity index (χ0n) is 18.0. The van der Waals surface area contributed by atoms with Crippen LogP contribution in [-0.2, 0) is 6.42 Å². The number of aromatic nitrogens is 1. The highest BCUT2D eigenvalue weighted by Gasteiger charge is 2.27. The van der Waals surface area contributed by atoms with Crippen LogP contribution in [0.5, 0.6) is 0 Å². The van der Waals surface area contributed by atoms with E-state index in [1.165, 1.54) is 0 Å². The van der Waals surface area contributed by atoms with Gasteiger partial charge in [0.2, 0.25) is 0 Å². The van der Waals surface area contributed by atoms with Gasteiger partial charge < -0.3 is 5.11 Å². The molecule has 1 atom stereocenters. The van der Waals surface area contributed by atoms with E-state index in [1.807, 2.05) is 60.7 Å². The van der Waals surface area contributed by atoms with Crippen LogP contribution in [0.25, 0.3) is 33.7 Å². The highest BCUT2D eigenvalue weighted by Crippen LogP contribution is 2.39. The van der Waals surface area contributed by atoms with E-state index < -0.39 is 5.97 Å². The number of pyridine rings is 1. The summed E-state index contributed by atoms with van der Waals surface area (Å²) in [6.07, 6.45) is 3.67. The molecule has 1 heterocycles. The molecule has 0 saturated heterocycles. The normalized spacial score (nSPS) is 16.7. The number of carboxylic acids is 1. The first-order chi connectivity index (χ1) is 15.9. The van der Waals surface area contributed by atoms with Crippen LogP contribution in [0.15, 0.2) is 66.7 Å². The third kappa shape index (κ3) is 4.03. The molecule has 3 nitrogen and oxygen atoms in total. The Morgan fingerprint density at radius 3 is 2.52 bits per heavy atom. The Bertz CT molecular complexity index is 1420. The van der Waals surface area contributed by atoms with Crippen LogP contribution in [-0.4, -0.2) is 16.1 Å². The van der Waals surface area contributed by atoms with Crippen molar-refractivity contribution >= 4 is 51.7 Å². The van der Waals surface area contributed by atoms with Crippen LogP contribution in [0.3, 0.4) is 0 Å². The van der Waals surface area contributed by atoms with Gasteiger partial charge >= 0.3 is 5.97 Å². The Morgan fingerprint density at radius 1 is 1.00 bits per heavy atom. The first-order valence-corrected chi connectivity index (χ1v) is 11.6. The van der Waals surface area contributed by atoms with Crippen molar-refractivity contribution in [2.75, 3.05) is 0 Å². The fourth-order valence-electron chi connectivity index (χ4n) is 4.67. The molecule has 0 fully saturated rings.